The molecular weight excluding hydrogens is 234 g/mol. The number of carboxylic acid groups (broad SMARTS) is 1. The van der Waals surface area contributed by atoms with Gasteiger partial charge in [-0.1, -0.05) is 11.6 Å². The van der Waals surface area contributed by atoms with Crippen molar-refractivity contribution in [2.45, 2.75) is 25.4 Å². The van der Waals surface area contributed by atoms with E-state index in [1.54, 1.807) is 0 Å². The molecule has 1 atom stereocenters. The third-order valence-electron chi connectivity index (χ3n) is 2.64. The Morgan fingerprint density at radius 1 is 1.67 bits per heavy atom. The summed E-state index contributed by atoms with van der Waals surface area (Å²) < 4.78 is 0.760. The fourth-order valence-electron chi connectivity index (χ4n) is 1.93. The standard InChI is InChI=1S/C10H12ClNO2S/c11-9-4-3-7(15-9)6-12-5-1-2-8(12)10(13)14/h3-4,8H,1-2,5-6H2,(H,13,14). The van der Waals surface area contributed by atoms with Crippen LogP contribution in [0.15, 0.2) is 12.1 Å². The quantitative estimate of drug-likeness (QED) is 0.889. The average molecular weight is 246 g/mol. The van der Waals surface area contributed by atoms with Gasteiger partial charge >= 0.3 is 5.97 Å². The van der Waals surface area contributed by atoms with E-state index in [1.807, 2.05) is 17.0 Å². The van der Waals surface area contributed by atoms with Gasteiger partial charge in [0.1, 0.15) is 6.04 Å². The molecule has 1 unspecified atom stereocenters. The molecule has 3 nitrogen and oxygen atoms in total. The summed E-state index contributed by atoms with van der Waals surface area (Å²) >= 11 is 7.35. The van der Waals surface area contributed by atoms with Gasteiger partial charge in [0.2, 0.25) is 0 Å². The summed E-state index contributed by atoms with van der Waals surface area (Å²) in [5.41, 5.74) is 0. The van der Waals surface area contributed by atoms with E-state index in [0.29, 0.717) is 6.54 Å². The Morgan fingerprint density at radius 3 is 3.07 bits per heavy atom. The van der Waals surface area contributed by atoms with E-state index in [4.69, 9.17) is 16.7 Å². The number of aliphatic carboxylic acids is 1. The summed E-state index contributed by atoms with van der Waals surface area (Å²) in [6, 6.07) is 3.50. The number of thiophene rings is 1. The molecule has 1 N–H and O–H groups in total. The lowest BCUT2D eigenvalue weighted by Gasteiger charge is -2.19. The normalized spacial score (nSPS) is 22.1. The molecule has 0 amide bonds. The van der Waals surface area contributed by atoms with Crippen LogP contribution in [0.25, 0.3) is 0 Å². The zero-order valence-electron chi connectivity index (χ0n) is 8.15. The minimum atomic E-state index is -0.713. The molecule has 0 aromatic carbocycles. The summed E-state index contributed by atoms with van der Waals surface area (Å²) in [6.07, 6.45) is 1.73. The number of halogens is 1. The fraction of sp³-hybridized carbons (Fsp3) is 0.500. The average Bonchev–Trinajstić information content (AvgIpc) is 2.75. The molecule has 5 heteroatoms. The van der Waals surface area contributed by atoms with Gasteiger partial charge in [0.05, 0.1) is 4.34 Å². The molecule has 1 aromatic heterocycles. The third-order valence-corrected chi connectivity index (χ3v) is 3.85. The number of nitrogens with zero attached hydrogens (tertiary/aromatic N) is 1. The van der Waals surface area contributed by atoms with Gasteiger partial charge in [0.15, 0.2) is 0 Å². The molecule has 0 radical (unpaired) electrons. The van der Waals surface area contributed by atoms with Crippen LogP contribution in [0.4, 0.5) is 0 Å². The fourth-order valence-corrected chi connectivity index (χ4v) is 3.05. The number of carbonyl (C=O) groups is 1. The van der Waals surface area contributed by atoms with Gasteiger partial charge in [-0.2, -0.15) is 0 Å². The molecule has 15 heavy (non-hydrogen) atoms. The number of hydrogen-bond donors (Lipinski definition) is 1. The molecule has 0 bridgehead atoms. The van der Waals surface area contributed by atoms with Crippen LogP contribution >= 0.6 is 22.9 Å². The number of rotatable bonds is 3. The minimum absolute atomic E-state index is 0.314. The second-order valence-electron chi connectivity index (χ2n) is 3.67. The highest BCUT2D eigenvalue weighted by Gasteiger charge is 2.30. The maximum Gasteiger partial charge on any atom is 0.320 e. The van der Waals surface area contributed by atoms with E-state index in [-0.39, 0.29) is 6.04 Å². The van der Waals surface area contributed by atoms with Crippen LogP contribution < -0.4 is 0 Å². The summed E-state index contributed by atoms with van der Waals surface area (Å²) in [5.74, 6) is -0.713. The van der Waals surface area contributed by atoms with Crippen molar-refractivity contribution in [1.82, 2.24) is 4.90 Å². The Labute approximate surface area is 97.3 Å². The highest BCUT2D eigenvalue weighted by Crippen LogP contribution is 2.26. The van der Waals surface area contributed by atoms with Crippen molar-refractivity contribution >= 4 is 28.9 Å². The van der Waals surface area contributed by atoms with E-state index in [2.05, 4.69) is 0 Å². The van der Waals surface area contributed by atoms with Crippen molar-refractivity contribution in [3.8, 4) is 0 Å². The van der Waals surface area contributed by atoms with Crippen molar-refractivity contribution in [3.63, 3.8) is 0 Å². The highest BCUT2D eigenvalue weighted by molar-refractivity contribution is 7.16. The van der Waals surface area contributed by atoms with E-state index in [9.17, 15) is 4.79 Å². The molecule has 2 heterocycles. The lowest BCUT2D eigenvalue weighted by Crippen LogP contribution is -2.35. The monoisotopic (exact) mass is 245 g/mol. The van der Waals surface area contributed by atoms with Crippen LogP contribution in [0.1, 0.15) is 17.7 Å². The molecule has 0 saturated carbocycles. The van der Waals surface area contributed by atoms with E-state index in [0.717, 1.165) is 28.6 Å². The third kappa shape index (κ3) is 2.51. The first-order valence-electron chi connectivity index (χ1n) is 4.88. The predicted molar refractivity (Wildman–Crippen MR) is 60.4 cm³/mol. The first-order chi connectivity index (χ1) is 7.16. The van der Waals surface area contributed by atoms with Crippen molar-refractivity contribution < 1.29 is 9.90 Å². The number of carboxylic acids is 1. The molecule has 82 valence electrons. The van der Waals surface area contributed by atoms with Crippen molar-refractivity contribution in [2.24, 2.45) is 0 Å². The first-order valence-corrected chi connectivity index (χ1v) is 6.07. The SMILES string of the molecule is O=C(O)C1CCCN1Cc1ccc(Cl)s1. The van der Waals surface area contributed by atoms with E-state index < -0.39 is 5.97 Å². The second-order valence-corrected chi connectivity index (χ2v) is 5.47. The summed E-state index contributed by atoms with van der Waals surface area (Å²) in [4.78, 5) is 14.1. The predicted octanol–water partition coefficient (Wildman–Crippen LogP) is 2.45. The summed E-state index contributed by atoms with van der Waals surface area (Å²) in [7, 11) is 0. The van der Waals surface area contributed by atoms with Crippen molar-refractivity contribution in [1.29, 1.82) is 0 Å². The topological polar surface area (TPSA) is 40.5 Å². The molecule has 2 rings (SSSR count). The Bertz CT molecular complexity index is 366. The molecule has 1 aliphatic heterocycles. The first kappa shape index (κ1) is 10.9. The maximum atomic E-state index is 10.9. The van der Waals surface area contributed by atoms with Gasteiger partial charge in [-0.15, -0.1) is 11.3 Å². The van der Waals surface area contributed by atoms with Gasteiger partial charge in [0.25, 0.3) is 0 Å². The van der Waals surface area contributed by atoms with Gasteiger partial charge in [0, 0.05) is 11.4 Å². The second kappa shape index (κ2) is 4.51. The Balaban J connectivity index is 2.02. The minimum Gasteiger partial charge on any atom is -0.480 e. The van der Waals surface area contributed by atoms with Crippen LogP contribution in [0.3, 0.4) is 0 Å². The van der Waals surface area contributed by atoms with Crippen LogP contribution in [0, 0.1) is 0 Å². The van der Waals surface area contributed by atoms with Gasteiger partial charge in [-0.25, -0.2) is 0 Å². The van der Waals surface area contributed by atoms with Gasteiger partial charge < -0.3 is 5.11 Å². The molecular formula is C10H12ClNO2S. The Morgan fingerprint density at radius 2 is 2.47 bits per heavy atom. The zero-order chi connectivity index (χ0) is 10.8. The number of likely N-dealkylation sites (tertiary alicyclic amines) is 1. The van der Waals surface area contributed by atoms with E-state index in [1.165, 1.54) is 11.3 Å². The lowest BCUT2D eigenvalue weighted by atomic mass is 10.2. The van der Waals surface area contributed by atoms with Crippen LogP contribution in [0.2, 0.25) is 4.34 Å². The van der Waals surface area contributed by atoms with E-state index >= 15 is 0 Å². The van der Waals surface area contributed by atoms with Crippen LogP contribution in [-0.2, 0) is 11.3 Å². The molecule has 1 aromatic rings. The largest absolute Gasteiger partial charge is 0.480 e. The molecule has 1 saturated heterocycles. The molecule has 1 fully saturated rings. The van der Waals surface area contributed by atoms with Gasteiger partial charge in [-0.3, -0.25) is 9.69 Å². The molecule has 1 aliphatic rings. The lowest BCUT2D eigenvalue weighted by molar-refractivity contribution is -0.142. The zero-order valence-corrected chi connectivity index (χ0v) is 9.72. The van der Waals surface area contributed by atoms with Crippen molar-refractivity contribution in [3.05, 3.63) is 21.3 Å². The Kier molecular flexibility index (Phi) is 3.29. The molecule has 0 spiro atoms. The van der Waals surface area contributed by atoms with Crippen LogP contribution in [0.5, 0.6) is 0 Å². The highest BCUT2D eigenvalue weighted by atomic mass is 35.5. The maximum absolute atomic E-state index is 10.9. The smallest absolute Gasteiger partial charge is 0.320 e. The van der Waals surface area contributed by atoms with Crippen LogP contribution in [-0.4, -0.2) is 28.6 Å². The Hall–Kier alpha value is -0.580. The van der Waals surface area contributed by atoms with Crippen molar-refractivity contribution in [2.75, 3.05) is 6.54 Å². The van der Waals surface area contributed by atoms with Gasteiger partial charge in [-0.05, 0) is 31.5 Å². The molecule has 0 aliphatic carbocycles. The number of hydrogen-bond acceptors (Lipinski definition) is 3. The summed E-state index contributed by atoms with van der Waals surface area (Å²) in [5, 5.41) is 9.00. The summed E-state index contributed by atoms with van der Waals surface area (Å²) in [6.45, 7) is 1.57.